The van der Waals surface area contributed by atoms with Gasteiger partial charge in [0.25, 0.3) is 5.56 Å². The number of benzene rings is 1. The maximum absolute atomic E-state index is 12.7. The Balaban J connectivity index is 0.00000210. The average molecular weight is 393 g/mol. The number of aromatic amines is 1. The van der Waals surface area contributed by atoms with Gasteiger partial charge in [0.2, 0.25) is 5.91 Å². The lowest BCUT2D eigenvalue weighted by atomic mass is 9.92. The quantitative estimate of drug-likeness (QED) is 0.814. The number of carbonyl (C=O) groups is 1. The summed E-state index contributed by atoms with van der Waals surface area (Å²) in [6.45, 7) is 3.99. The number of carbonyl (C=O) groups excluding carboxylic acids is 1. The molecule has 2 aliphatic rings. The van der Waals surface area contributed by atoms with Gasteiger partial charge in [0.15, 0.2) is 0 Å². The van der Waals surface area contributed by atoms with Crippen LogP contribution >= 0.6 is 12.4 Å². The third kappa shape index (κ3) is 3.94. The summed E-state index contributed by atoms with van der Waals surface area (Å²) < 4.78 is 1.49. The van der Waals surface area contributed by atoms with Crippen molar-refractivity contribution in [3.05, 3.63) is 45.1 Å². The van der Waals surface area contributed by atoms with E-state index in [4.69, 9.17) is 0 Å². The molecular weight excluding hydrogens is 368 g/mol. The van der Waals surface area contributed by atoms with Crippen LogP contribution in [0.15, 0.2) is 33.9 Å². The van der Waals surface area contributed by atoms with Crippen molar-refractivity contribution in [2.24, 2.45) is 11.8 Å². The topological polar surface area (TPSA) is 87.2 Å². The largest absolute Gasteiger partial charge is 0.343 e. The molecule has 0 unspecified atom stereocenters. The van der Waals surface area contributed by atoms with Gasteiger partial charge in [0.05, 0.1) is 10.9 Å². The highest BCUT2D eigenvalue weighted by atomic mass is 35.5. The van der Waals surface area contributed by atoms with Crippen LogP contribution < -0.4 is 16.6 Å². The van der Waals surface area contributed by atoms with Gasteiger partial charge in [-0.25, -0.2) is 4.79 Å². The van der Waals surface area contributed by atoms with Crippen molar-refractivity contribution < 1.29 is 4.79 Å². The molecule has 0 radical (unpaired) electrons. The molecule has 4 rings (SSSR count). The SMILES string of the molecule is Cl.O=C(CCn1c(=O)[nH]c(=O)c2ccccc21)N1CC[C@@H]2CNC[C@@H]2CC1. The van der Waals surface area contributed by atoms with E-state index in [0.717, 1.165) is 39.0 Å². The van der Waals surface area contributed by atoms with Gasteiger partial charge in [-0.1, -0.05) is 12.1 Å². The zero-order valence-electron chi connectivity index (χ0n) is 15.1. The van der Waals surface area contributed by atoms with Gasteiger partial charge in [0, 0.05) is 26.1 Å². The number of nitrogens with zero attached hydrogens (tertiary/aromatic N) is 2. The molecule has 2 aliphatic heterocycles. The summed E-state index contributed by atoms with van der Waals surface area (Å²) in [7, 11) is 0. The molecule has 1 aromatic carbocycles. The van der Waals surface area contributed by atoms with Crippen molar-refractivity contribution in [3.8, 4) is 0 Å². The highest BCUT2D eigenvalue weighted by Crippen LogP contribution is 2.27. The lowest BCUT2D eigenvalue weighted by Crippen LogP contribution is -2.35. The summed E-state index contributed by atoms with van der Waals surface area (Å²) in [5.74, 6) is 1.44. The second-order valence-corrected chi connectivity index (χ2v) is 7.31. The average Bonchev–Trinajstić information content (AvgIpc) is 2.99. The first kappa shape index (κ1) is 19.6. The van der Waals surface area contributed by atoms with Gasteiger partial charge in [-0.3, -0.25) is 19.1 Å². The first-order chi connectivity index (χ1) is 12.6. The number of nitrogens with one attached hydrogen (secondary N) is 2. The molecule has 2 fully saturated rings. The number of hydrogen-bond acceptors (Lipinski definition) is 4. The normalized spacial score (nSPS) is 22.1. The molecule has 2 aromatic rings. The minimum Gasteiger partial charge on any atom is -0.343 e. The Labute approximate surface area is 163 Å². The maximum atomic E-state index is 12.7. The number of hydrogen-bond donors (Lipinski definition) is 2. The fourth-order valence-electron chi connectivity index (χ4n) is 4.30. The molecule has 1 amide bonds. The zero-order valence-corrected chi connectivity index (χ0v) is 16.0. The molecule has 27 heavy (non-hydrogen) atoms. The number of likely N-dealkylation sites (tertiary alicyclic amines) is 1. The molecule has 2 saturated heterocycles. The van der Waals surface area contributed by atoms with Crippen LogP contribution in [0.3, 0.4) is 0 Å². The Kier molecular flexibility index (Phi) is 6.01. The van der Waals surface area contributed by atoms with Crippen LogP contribution in [0.5, 0.6) is 0 Å². The van der Waals surface area contributed by atoms with Gasteiger partial charge in [-0.05, 0) is 49.9 Å². The van der Waals surface area contributed by atoms with Crippen molar-refractivity contribution in [3.63, 3.8) is 0 Å². The molecule has 3 heterocycles. The number of fused-ring (bicyclic) bond motifs is 2. The van der Waals surface area contributed by atoms with Gasteiger partial charge < -0.3 is 10.2 Å². The lowest BCUT2D eigenvalue weighted by Gasteiger charge is -2.21. The molecule has 7 nitrogen and oxygen atoms in total. The third-order valence-electron chi connectivity index (χ3n) is 5.83. The van der Waals surface area contributed by atoms with Gasteiger partial charge in [0.1, 0.15) is 0 Å². The Bertz CT molecular complexity index is 924. The van der Waals surface area contributed by atoms with Crippen LogP contribution in [0.4, 0.5) is 0 Å². The summed E-state index contributed by atoms with van der Waals surface area (Å²) in [4.78, 5) is 41.1. The van der Waals surface area contributed by atoms with Crippen LogP contribution in [-0.2, 0) is 11.3 Å². The van der Waals surface area contributed by atoms with Crippen molar-refractivity contribution in [2.45, 2.75) is 25.8 Å². The number of para-hydroxylation sites is 1. The molecule has 0 bridgehead atoms. The Morgan fingerprint density at radius 2 is 1.74 bits per heavy atom. The molecular formula is C19H25ClN4O3. The van der Waals surface area contributed by atoms with Crippen molar-refractivity contribution >= 4 is 29.2 Å². The van der Waals surface area contributed by atoms with E-state index >= 15 is 0 Å². The molecule has 8 heteroatoms. The number of aromatic nitrogens is 2. The van der Waals surface area contributed by atoms with Crippen LogP contribution in [0.25, 0.3) is 10.9 Å². The van der Waals surface area contributed by atoms with Crippen molar-refractivity contribution in [1.29, 1.82) is 0 Å². The third-order valence-corrected chi connectivity index (χ3v) is 5.83. The molecule has 2 N–H and O–H groups in total. The Morgan fingerprint density at radius 3 is 2.44 bits per heavy atom. The van der Waals surface area contributed by atoms with E-state index in [1.165, 1.54) is 4.57 Å². The summed E-state index contributed by atoms with van der Waals surface area (Å²) in [5.41, 5.74) is -0.274. The number of halogens is 1. The first-order valence-electron chi connectivity index (χ1n) is 9.34. The fraction of sp³-hybridized carbons (Fsp3) is 0.526. The van der Waals surface area contributed by atoms with Crippen LogP contribution in [-0.4, -0.2) is 46.5 Å². The molecule has 146 valence electrons. The summed E-state index contributed by atoms with van der Waals surface area (Å²) in [6.07, 6.45) is 2.36. The molecule has 0 spiro atoms. The monoisotopic (exact) mass is 392 g/mol. The number of amides is 1. The zero-order chi connectivity index (χ0) is 18.1. The number of aryl methyl sites for hydroxylation is 1. The van der Waals surface area contributed by atoms with E-state index in [9.17, 15) is 14.4 Å². The predicted molar refractivity (Wildman–Crippen MR) is 106 cm³/mol. The van der Waals surface area contributed by atoms with Crippen LogP contribution in [0.1, 0.15) is 19.3 Å². The van der Waals surface area contributed by atoms with Crippen molar-refractivity contribution in [2.75, 3.05) is 26.2 Å². The highest BCUT2D eigenvalue weighted by Gasteiger charge is 2.31. The van der Waals surface area contributed by atoms with E-state index in [1.807, 2.05) is 4.90 Å². The second kappa shape index (κ2) is 8.27. The minimum atomic E-state index is -0.460. The fourth-order valence-corrected chi connectivity index (χ4v) is 4.30. The van der Waals surface area contributed by atoms with E-state index < -0.39 is 5.69 Å². The smallest absolute Gasteiger partial charge is 0.328 e. The number of rotatable bonds is 3. The Morgan fingerprint density at radius 1 is 1.07 bits per heavy atom. The lowest BCUT2D eigenvalue weighted by molar-refractivity contribution is -0.131. The van der Waals surface area contributed by atoms with Gasteiger partial charge >= 0.3 is 5.69 Å². The first-order valence-corrected chi connectivity index (χ1v) is 9.34. The summed E-state index contributed by atoms with van der Waals surface area (Å²) in [6, 6.07) is 6.99. The Hall–Kier alpha value is -2.12. The molecule has 0 aliphatic carbocycles. The van der Waals surface area contributed by atoms with Crippen LogP contribution in [0, 0.1) is 11.8 Å². The summed E-state index contributed by atoms with van der Waals surface area (Å²) in [5, 5.41) is 3.91. The van der Waals surface area contributed by atoms with Gasteiger partial charge in [-0.15, -0.1) is 12.4 Å². The molecule has 1 aromatic heterocycles. The van der Waals surface area contributed by atoms with E-state index in [0.29, 0.717) is 22.7 Å². The van der Waals surface area contributed by atoms with E-state index in [2.05, 4.69) is 10.3 Å². The van der Waals surface area contributed by atoms with Crippen molar-refractivity contribution in [1.82, 2.24) is 19.8 Å². The van der Waals surface area contributed by atoms with Gasteiger partial charge in [-0.2, -0.15) is 0 Å². The minimum absolute atomic E-state index is 0. The van der Waals surface area contributed by atoms with Crippen LogP contribution in [0.2, 0.25) is 0 Å². The molecule has 0 saturated carbocycles. The maximum Gasteiger partial charge on any atom is 0.328 e. The predicted octanol–water partition coefficient (Wildman–Crippen LogP) is 0.960. The molecule has 2 atom stereocenters. The van der Waals surface area contributed by atoms with E-state index in [1.54, 1.807) is 24.3 Å². The second-order valence-electron chi connectivity index (χ2n) is 7.31. The van der Waals surface area contributed by atoms with E-state index in [-0.39, 0.29) is 36.8 Å². The highest BCUT2D eigenvalue weighted by molar-refractivity contribution is 5.85. The summed E-state index contributed by atoms with van der Waals surface area (Å²) >= 11 is 0. The number of H-pyrrole nitrogens is 1. The standard InChI is InChI=1S/C19H24N4O3.ClH/c24-17(22-8-5-13-11-20-12-14(13)6-9-22)7-10-23-16-4-2-1-3-15(16)18(25)21-19(23)26;/h1-4,13-14,20H,5-12H2,(H,21,25,26);1H/t13-,14+;.